The van der Waals surface area contributed by atoms with Crippen LogP contribution in [0.25, 0.3) is 10.9 Å². The maximum absolute atomic E-state index is 12.4. The molecule has 1 N–H and O–H groups in total. The van der Waals surface area contributed by atoms with Gasteiger partial charge in [-0.2, -0.15) is 0 Å². The largest absolute Gasteiger partial charge is 0.351 e. The summed E-state index contributed by atoms with van der Waals surface area (Å²) in [7, 11) is -3.11. The van der Waals surface area contributed by atoms with Crippen LogP contribution in [-0.4, -0.2) is 46.3 Å². The molecule has 132 valence electrons. The Bertz CT molecular complexity index is 1030. The normalized spacial score (nSPS) is 19.0. The first-order valence-electron chi connectivity index (χ1n) is 7.38. The standard InChI is InChI=1S/C14H14N4O6S/c19-13(16-9-3-4-25(23,24)7-9)6-17-8-15-12-5-10(18(21)22)1-2-11(12)14(17)20/h1-2,5,8-9H,3-4,6-7H2,(H,16,19)/t9-/m1/s1. The van der Waals surface area contributed by atoms with Crippen molar-refractivity contribution in [2.24, 2.45) is 0 Å². The molecule has 0 bridgehead atoms. The summed E-state index contributed by atoms with van der Waals surface area (Å²) in [6, 6.07) is 3.22. The van der Waals surface area contributed by atoms with E-state index >= 15 is 0 Å². The number of aromatic nitrogens is 2. The van der Waals surface area contributed by atoms with Crippen molar-refractivity contribution in [2.45, 2.75) is 19.0 Å². The first-order chi connectivity index (χ1) is 11.7. The second kappa shape index (κ2) is 6.24. The molecule has 2 heterocycles. The summed E-state index contributed by atoms with van der Waals surface area (Å²) in [5.41, 5.74) is -0.524. The predicted molar refractivity (Wildman–Crippen MR) is 87.9 cm³/mol. The number of amides is 1. The minimum absolute atomic E-state index is 0.0359. The van der Waals surface area contributed by atoms with Gasteiger partial charge in [-0.25, -0.2) is 13.4 Å². The number of carbonyl (C=O) groups is 1. The van der Waals surface area contributed by atoms with Crippen LogP contribution < -0.4 is 10.9 Å². The zero-order chi connectivity index (χ0) is 18.2. The smallest absolute Gasteiger partial charge is 0.271 e. The molecule has 1 fully saturated rings. The van der Waals surface area contributed by atoms with Crippen LogP contribution in [0.1, 0.15) is 6.42 Å². The summed E-state index contributed by atoms with van der Waals surface area (Å²) < 4.78 is 23.9. The number of fused-ring (bicyclic) bond motifs is 1. The highest BCUT2D eigenvalue weighted by Crippen LogP contribution is 2.16. The van der Waals surface area contributed by atoms with Crippen LogP contribution in [0.5, 0.6) is 0 Å². The highest BCUT2D eigenvalue weighted by atomic mass is 32.2. The van der Waals surface area contributed by atoms with Crippen LogP contribution in [0.4, 0.5) is 5.69 Å². The monoisotopic (exact) mass is 366 g/mol. The van der Waals surface area contributed by atoms with E-state index in [0.29, 0.717) is 6.42 Å². The van der Waals surface area contributed by atoms with Gasteiger partial charge in [0.05, 0.1) is 33.7 Å². The summed E-state index contributed by atoms with van der Waals surface area (Å²) in [5.74, 6) is -0.561. The van der Waals surface area contributed by atoms with Gasteiger partial charge in [0.15, 0.2) is 9.84 Å². The molecule has 0 aliphatic carbocycles. The number of sulfone groups is 1. The molecule has 1 aliphatic rings. The SMILES string of the molecule is O=C(Cn1cnc2cc([N+](=O)[O-])ccc2c1=O)N[C@@H]1CCS(=O)(=O)C1. The minimum Gasteiger partial charge on any atom is -0.351 e. The molecule has 10 nitrogen and oxygen atoms in total. The zero-order valence-corrected chi connectivity index (χ0v) is 13.7. The van der Waals surface area contributed by atoms with Crippen molar-refractivity contribution >= 4 is 32.3 Å². The van der Waals surface area contributed by atoms with Crippen LogP contribution in [0.3, 0.4) is 0 Å². The second-order valence-electron chi connectivity index (χ2n) is 5.80. The Hall–Kier alpha value is -2.82. The number of nitrogens with zero attached hydrogens (tertiary/aromatic N) is 3. The van der Waals surface area contributed by atoms with E-state index in [1.54, 1.807) is 0 Å². The van der Waals surface area contributed by atoms with Gasteiger partial charge >= 0.3 is 0 Å². The average molecular weight is 366 g/mol. The number of hydrogen-bond donors (Lipinski definition) is 1. The third-order valence-corrected chi connectivity index (χ3v) is 5.70. The number of nitro groups is 1. The predicted octanol–water partition coefficient (Wildman–Crippen LogP) is -0.392. The minimum atomic E-state index is -3.11. The summed E-state index contributed by atoms with van der Waals surface area (Å²) in [5, 5.41) is 13.5. The molecule has 0 spiro atoms. The fourth-order valence-corrected chi connectivity index (χ4v) is 4.38. The van der Waals surface area contributed by atoms with Gasteiger partial charge in [0.25, 0.3) is 11.2 Å². The Morgan fingerprint density at radius 3 is 2.84 bits per heavy atom. The van der Waals surface area contributed by atoms with E-state index in [9.17, 15) is 28.1 Å². The Morgan fingerprint density at radius 1 is 1.44 bits per heavy atom. The third kappa shape index (κ3) is 3.65. The van der Waals surface area contributed by atoms with Crippen LogP contribution in [0.2, 0.25) is 0 Å². The van der Waals surface area contributed by atoms with Crippen molar-refractivity contribution < 1.29 is 18.1 Å². The summed E-state index contributed by atoms with van der Waals surface area (Å²) in [6.07, 6.45) is 1.49. The lowest BCUT2D eigenvalue weighted by atomic mass is 10.2. The maximum atomic E-state index is 12.4. The molecular formula is C14H14N4O6S. The topological polar surface area (TPSA) is 141 Å². The number of nitro benzene ring substituents is 1. The van der Waals surface area contributed by atoms with E-state index in [0.717, 1.165) is 10.9 Å². The van der Waals surface area contributed by atoms with Crippen LogP contribution in [0, 0.1) is 10.1 Å². The van der Waals surface area contributed by atoms with Crippen molar-refractivity contribution in [1.82, 2.24) is 14.9 Å². The molecule has 2 aromatic rings. The third-order valence-electron chi connectivity index (χ3n) is 3.93. The fraction of sp³-hybridized carbons (Fsp3) is 0.357. The molecule has 1 amide bonds. The first-order valence-corrected chi connectivity index (χ1v) is 9.21. The fourth-order valence-electron chi connectivity index (χ4n) is 2.71. The molecule has 3 rings (SSSR count). The van der Waals surface area contributed by atoms with E-state index in [2.05, 4.69) is 10.3 Å². The number of hydrogen-bond acceptors (Lipinski definition) is 7. The van der Waals surface area contributed by atoms with Gasteiger partial charge in [0, 0.05) is 18.2 Å². The van der Waals surface area contributed by atoms with Gasteiger partial charge < -0.3 is 5.32 Å². The zero-order valence-electron chi connectivity index (χ0n) is 12.9. The summed E-state index contributed by atoms with van der Waals surface area (Å²) in [6.45, 7) is -0.310. The number of non-ortho nitro benzene ring substituents is 1. The quantitative estimate of drug-likeness (QED) is 0.573. The number of rotatable bonds is 4. The van der Waals surface area contributed by atoms with Crippen LogP contribution in [0.15, 0.2) is 29.3 Å². The molecule has 0 unspecified atom stereocenters. The van der Waals surface area contributed by atoms with E-state index in [4.69, 9.17) is 0 Å². The van der Waals surface area contributed by atoms with Crippen molar-refractivity contribution in [3.8, 4) is 0 Å². The molecule has 1 aromatic heterocycles. The second-order valence-corrected chi connectivity index (χ2v) is 8.03. The van der Waals surface area contributed by atoms with Crippen molar-refractivity contribution in [3.63, 3.8) is 0 Å². The summed E-state index contributed by atoms with van der Waals surface area (Å²) in [4.78, 5) is 38.5. The van der Waals surface area contributed by atoms with Gasteiger partial charge in [-0.05, 0) is 12.5 Å². The Morgan fingerprint density at radius 2 is 2.20 bits per heavy atom. The van der Waals surface area contributed by atoms with E-state index in [1.165, 1.54) is 18.2 Å². The first kappa shape index (κ1) is 17.0. The molecule has 1 aromatic carbocycles. The maximum Gasteiger partial charge on any atom is 0.271 e. The average Bonchev–Trinajstić information content (AvgIpc) is 2.88. The van der Waals surface area contributed by atoms with Crippen LogP contribution in [-0.2, 0) is 21.2 Å². The lowest BCUT2D eigenvalue weighted by Crippen LogP contribution is -2.39. The number of benzene rings is 1. The van der Waals surface area contributed by atoms with Gasteiger partial charge in [0.2, 0.25) is 5.91 Å². The van der Waals surface area contributed by atoms with Crippen LogP contribution >= 0.6 is 0 Å². The Labute approximate surface area is 141 Å². The molecule has 1 aliphatic heterocycles. The summed E-state index contributed by atoms with van der Waals surface area (Å²) >= 11 is 0. The van der Waals surface area contributed by atoms with E-state index in [-0.39, 0.29) is 34.6 Å². The molecular weight excluding hydrogens is 352 g/mol. The molecule has 0 saturated carbocycles. The molecule has 1 atom stereocenters. The number of carbonyl (C=O) groups excluding carboxylic acids is 1. The highest BCUT2D eigenvalue weighted by Gasteiger charge is 2.28. The molecule has 25 heavy (non-hydrogen) atoms. The molecule has 11 heteroatoms. The van der Waals surface area contributed by atoms with Crippen molar-refractivity contribution in [2.75, 3.05) is 11.5 Å². The highest BCUT2D eigenvalue weighted by molar-refractivity contribution is 7.91. The number of nitrogens with one attached hydrogen (secondary N) is 1. The molecule has 0 radical (unpaired) electrons. The van der Waals surface area contributed by atoms with Gasteiger partial charge in [-0.1, -0.05) is 0 Å². The van der Waals surface area contributed by atoms with E-state index in [1.807, 2.05) is 0 Å². The van der Waals surface area contributed by atoms with Crippen molar-refractivity contribution in [1.29, 1.82) is 0 Å². The lowest BCUT2D eigenvalue weighted by Gasteiger charge is -2.12. The van der Waals surface area contributed by atoms with Crippen molar-refractivity contribution in [3.05, 3.63) is 45.0 Å². The molecule has 1 saturated heterocycles. The van der Waals surface area contributed by atoms with Gasteiger partial charge in [0.1, 0.15) is 6.54 Å². The lowest BCUT2D eigenvalue weighted by molar-refractivity contribution is -0.384. The Kier molecular flexibility index (Phi) is 4.25. The van der Waals surface area contributed by atoms with E-state index < -0.39 is 32.3 Å². The Balaban J connectivity index is 1.79. The van der Waals surface area contributed by atoms with Gasteiger partial charge in [-0.15, -0.1) is 0 Å². The van der Waals surface area contributed by atoms with Gasteiger partial charge in [-0.3, -0.25) is 24.3 Å².